The van der Waals surface area contributed by atoms with Gasteiger partial charge in [0.2, 0.25) is 0 Å². The lowest BCUT2D eigenvalue weighted by Crippen LogP contribution is -2.39. The second-order valence-electron chi connectivity index (χ2n) is 6.93. The monoisotopic (exact) mass is 395 g/mol. The first-order valence-electron chi connectivity index (χ1n) is 9.05. The summed E-state index contributed by atoms with van der Waals surface area (Å²) in [6, 6.07) is 12.4. The summed E-state index contributed by atoms with van der Waals surface area (Å²) in [5.41, 5.74) is 4.88. The van der Waals surface area contributed by atoms with Crippen LogP contribution in [0.15, 0.2) is 57.7 Å². The predicted molar refractivity (Wildman–Crippen MR) is 108 cm³/mol. The Morgan fingerprint density at radius 3 is 2.41 bits per heavy atom. The molecule has 7 nitrogen and oxygen atoms in total. The van der Waals surface area contributed by atoms with Gasteiger partial charge in [-0.1, -0.05) is 0 Å². The molecule has 0 bridgehead atoms. The van der Waals surface area contributed by atoms with Gasteiger partial charge in [0.05, 0.1) is 6.61 Å². The number of hydrogen-bond acceptors (Lipinski definition) is 7. The van der Waals surface area contributed by atoms with Crippen LogP contribution in [0.2, 0.25) is 0 Å². The maximum atomic E-state index is 12.8. The fraction of sp³-hybridized carbons (Fsp3) is 0.227. The fourth-order valence-electron chi connectivity index (χ4n) is 2.77. The summed E-state index contributed by atoms with van der Waals surface area (Å²) in [5.74, 6) is -0.592. The number of esters is 1. The van der Waals surface area contributed by atoms with Gasteiger partial charge in [0.1, 0.15) is 16.9 Å². The van der Waals surface area contributed by atoms with Gasteiger partial charge in [-0.15, -0.1) is 0 Å². The Bertz CT molecular complexity index is 1130. The van der Waals surface area contributed by atoms with Crippen molar-refractivity contribution in [2.45, 2.75) is 26.4 Å². The van der Waals surface area contributed by atoms with E-state index < -0.39 is 23.0 Å². The van der Waals surface area contributed by atoms with Gasteiger partial charge >= 0.3 is 11.6 Å². The maximum Gasteiger partial charge on any atom is 0.349 e. The van der Waals surface area contributed by atoms with Crippen LogP contribution in [-0.2, 0) is 9.53 Å². The van der Waals surface area contributed by atoms with Crippen molar-refractivity contribution in [1.82, 2.24) is 0 Å². The van der Waals surface area contributed by atoms with E-state index >= 15 is 0 Å². The van der Waals surface area contributed by atoms with E-state index in [-0.39, 0.29) is 17.7 Å². The summed E-state index contributed by atoms with van der Waals surface area (Å²) in [5, 5.41) is 0.559. The second kappa shape index (κ2) is 7.79. The Morgan fingerprint density at radius 1 is 1.07 bits per heavy atom. The highest BCUT2D eigenvalue weighted by Gasteiger charge is 2.31. The van der Waals surface area contributed by atoms with Crippen molar-refractivity contribution in [1.29, 1.82) is 0 Å². The molecule has 7 heteroatoms. The molecule has 0 aliphatic carbocycles. The molecule has 0 fully saturated rings. The minimum atomic E-state index is -1.18. The molecule has 0 saturated carbocycles. The summed E-state index contributed by atoms with van der Waals surface area (Å²) in [6.45, 7) is 5.15. The number of ether oxygens (including phenoxy) is 2. The minimum Gasteiger partial charge on any atom is -0.476 e. The average molecular weight is 395 g/mol. The highest BCUT2D eigenvalue weighted by molar-refractivity contribution is 6.10. The molecule has 0 aliphatic heterocycles. The highest BCUT2D eigenvalue weighted by Crippen LogP contribution is 2.22. The highest BCUT2D eigenvalue weighted by atomic mass is 16.6. The van der Waals surface area contributed by atoms with Crippen LogP contribution < -0.4 is 16.1 Å². The van der Waals surface area contributed by atoms with Gasteiger partial charge in [-0.05, 0) is 69.3 Å². The number of nitrogen functional groups attached to an aromatic ring is 1. The molecular formula is C22H21NO6. The van der Waals surface area contributed by atoms with Crippen LogP contribution in [0.5, 0.6) is 5.75 Å². The summed E-state index contributed by atoms with van der Waals surface area (Å²) in [4.78, 5) is 37.0. The van der Waals surface area contributed by atoms with Crippen LogP contribution in [0.3, 0.4) is 0 Å². The Balaban J connectivity index is 1.86. The number of ketones is 1. The molecular weight excluding hydrogens is 374 g/mol. The van der Waals surface area contributed by atoms with Gasteiger partial charge in [0.25, 0.3) is 0 Å². The molecule has 0 atom stereocenters. The zero-order chi connectivity index (χ0) is 21.2. The minimum absolute atomic E-state index is 0.0939. The number of hydrogen-bond donors (Lipinski definition) is 1. The fourth-order valence-corrected chi connectivity index (χ4v) is 2.77. The number of benzene rings is 2. The molecule has 0 radical (unpaired) electrons. The van der Waals surface area contributed by atoms with Crippen molar-refractivity contribution in [2.24, 2.45) is 0 Å². The lowest BCUT2D eigenvalue weighted by Gasteiger charge is -2.24. The van der Waals surface area contributed by atoms with Crippen molar-refractivity contribution in [2.75, 3.05) is 12.3 Å². The molecule has 0 aliphatic rings. The van der Waals surface area contributed by atoms with Crippen molar-refractivity contribution < 1.29 is 23.5 Å². The maximum absolute atomic E-state index is 12.8. The van der Waals surface area contributed by atoms with Gasteiger partial charge in [-0.2, -0.15) is 0 Å². The largest absolute Gasteiger partial charge is 0.476 e. The van der Waals surface area contributed by atoms with E-state index in [0.29, 0.717) is 22.4 Å². The second-order valence-corrected chi connectivity index (χ2v) is 6.93. The zero-order valence-electron chi connectivity index (χ0n) is 16.4. The standard InChI is InChI=1S/C22H21NO6/c1-4-27-21(26)22(2,3)29-16-8-5-13(6-9-16)19(24)17-12-14-11-15(23)7-10-18(14)28-20(17)25/h5-12H,4,23H2,1-3H3. The Kier molecular flexibility index (Phi) is 5.41. The SMILES string of the molecule is CCOC(=O)C(C)(C)Oc1ccc(C(=O)c2cc3cc(N)ccc3oc2=O)cc1. The van der Waals surface area contributed by atoms with Gasteiger partial charge in [0.15, 0.2) is 11.4 Å². The molecule has 0 saturated heterocycles. The summed E-state index contributed by atoms with van der Waals surface area (Å²) < 4.78 is 15.9. The molecule has 0 spiro atoms. The zero-order valence-corrected chi connectivity index (χ0v) is 16.4. The lowest BCUT2D eigenvalue weighted by molar-refractivity contribution is -0.158. The molecule has 0 amide bonds. The molecule has 150 valence electrons. The van der Waals surface area contributed by atoms with Crippen LogP contribution in [0, 0.1) is 0 Å². The molecule has 2 N–H and O–H groups in total. The number of fused-ring (bicyclic) bond motifs is 1. The Labute approximate surface area is 167 Å². The van der Waals surface area contributed by atoms with E-state index in [0.717, 1.165) is 0 Å². The van der Waals surface area contributed by atoms with Crippen LogP contribution in [0.4, 0.5) is 5.69 Å². The first-order chi connectivity index (χ1) is 13.7. The Morgan fingerprint density at radius 2 is 1.76 bits per heavy atom. The number of rotatable bonds is 6. The van der Waals surface area contributed by atoms with Gasteiger partial charge < -0.3 is 19.6 Å². The van der Waals surface area contributed by atoms with E-state index in [1.807, 2.05) is 0 Å². The van der Waals surface area contributed by atoms with E-state index in [1.165, 1.54) is 18.2 Å². The average Bonchev–Trinajstić information content (AvgIpc) is 2.68. The van der Waals surface area contributed by atoms with Crippen LogP contribution in [0.1, 0.15) is 36.7 Å². The third kappa shape index (κ3) is 4.29. The molecule has 1 aromatic heterocycles. The van der Waals surface area contributed by atoms with Crippen LogP contribution in [-0.4, -0.2) is 24.0 Å². The number of carbonyl (C=O) groups excluding carboxylic acids is 2. The van der Waals surface area contributed by atoms with E-state index in [1.54, 1.807) is 51.1 Å². The summed E-state index contributed by atoms with van der Waals surface area (Å²) >= 11 is 0. The van der Waals surface area contributed by atoms with Crippen LogP contribution >= 0.6 is 0 Å². The van der Waals surface area contributed by atoms with Crippen LogP contribution in [0.25, 0.3) is 11.0 Å². The number of nitrogens with two attached hydrogens (primary N) is 1. The molecule has 0 unspecified atom stereocenters. The smallest absolute Gasteiger partial charge is 0.349 e. The third-order valence-corrected chi connectivity index (χ3v) is 4.26. The topological polar surface area (TPSA) is 109 Å². The predicted octanol–water partition coefficient (Wildman–Crippen LogP) is 3.33. The molecule has 3 rings (SSSR count). The first-order valence-corrected chi connectivity index (χ1v) is 9.05. The van der Waals surface area contributed by atoms with Crippen molar-refractivity contribution in [3.63, 3.8) is 0 Å². The van der Waals surface area contributed by atoms with Gasteiger partial charge in [0, 0.05) is 16.6 Å². The number of carbonyl (C=O) groups is 2. The van der Waals surface area contributed by atoms with Crippen molar-refractivity contribution in [3.8, 4) is 5.75 Å². The van der Waals surface area contributed by atoms with Gasteiger partial charge in [-0.3, -0.25) is 4.79 Å². The van der Waals surface area contributed by atoms with E-state index in [4.69, 9.17) is 19.6 Å². The molecule has 3 aromatic rings. The van der Waals surface area contributed by atoms with E-state index in [9.17, 15) is 14.4 Å². The Hall–Kier alpha value is -3.61. The van der Waals surface area contributed by atoms with Gasteiger partial charge in [-0.25, -0.2) is 9.59 Å². The third-order valence-electron chi connectivity index (χ3n) is 4.26. The summed E-state index contributed by atoms with van der Waals surface area (Å²) in [7, 11) is 0. The van der Waals surface area contributed by atoms with Crippen molar-refractivity contribution >= 4 is 28.4 Å². The van der Waals surface area contributed by atoms with Crippen molar-refractivity contribution in [3.05, 3.63) is 70.1 Å². The first kappa shape index (κ1) is 20.1. The molecule has 1 heterocycles. The molecule has 29 heavy (non-hydrogen) atoms. The quantitative estimate of drug-likeness (QED) is 0.295. The molecule has 2 aromatic carbocycles. The number of anilines is 1. The summed E-state index contributed by atoms with van der Waals surface area (Å²) in [6.07, 6.45) is 0. The normalized spacial score (nSPS) is 11.3. The van der Waals surface area contributed by atoms with E-state index in [2.05, 4.69) is 0 Å². The lowest BCUT2D eigenvalue weighted by atomic mass is 10.0.